The minimum Gasteiger partial charge on any atom is -0.388 e. The van der Waals surface area contributed by atoms with Crippen LogP contribution in [0.25, 0.3) is 0 Å². The number of nitrogens with one attached hydrogen (secondary N) is 1. The predicted octanol–water partition coefficient (Wildman–Crippen LogP) is 0.869. The lowest BCUT2D eigenvalue weighted by Gasteiger charge is -2.36. The first-order valence-electron chi connectivity index (χ1n) is 5.56. The third-order valence-electron chi connectivity index (χ3n) is 2.93. The van der Waals surface area contributed by atoms with Gasteiger partial charge in [-0.05, 0) is 25.3 Å². The van der Waals surface area contributed by atoms with Crippen LogP contribution >= 0.6 is 0 Å². The monoisotopic (exact) mass is 222 g/mol. The molecule has 0 atom stereocenters. The van der Waals surface area contributed by atoms with Crippen molar-refractivity contribution in [1.82, 2.24) is 9.97 Å². The van der Waals surface area contributed by atoms with Crippen LogP contribution in [0.3, 0.4) is 0 Å². The highest BCUT2D eigenvalue weighted by molar-refractivity contribution is 5.40. The van der Waals surface area contributed by atoms with Crippen molar-refractivity contribution >= 4 is 11.8 Å². The highest BCUT2D eigenvalue weighted by Crippen LogP contribution is 2.31. The Kier molecular flexibility index (Phi) is 2.96. The van der Waals surface area contributed by atoms with E-state index in [-0.39, 0.29) is 0 Å². The molecule has 0 spiro atoms. The molecule has 1 aliphatic rings. The van der Waals surface area contributed by atoms with Gasteiger partial charge in [0.15, 0.2) is 0 Å². The number of hydrogen-bond acceptors (Lipinski definition) is 5. The molecule has 0 radical (unpaired) electrons. The van der Waals surface area contributed by atoms with E-state index in [1.807, 2.05) is 25.1 Å². The number of aromatic nitrogens is 2. The van der Waals surface area contributed by atoms with Crippen molar-refractivity contribution in [1.29, 1.82) is 0 Å². The first kappa shape index (κ1) is 11.1. The van der Waals surface area contributed by atoms with Gasteiger partial charge in [0.1, 0.15) is 5.82 Å². The second-order valence-corrected chi connectivity index (χ2v) is 4.57. The first-order valence-corrected chi connectivity index (χ1v) is 5.56. The maximum atomic E-state index is 9.93. The van der Waals surface area contributed by atoms with Gasteiger partial charge in [-0.3, -0.25) is 0 Å². The lowest BCUT2D eigenvalue weighted by Crippen LogP contribution is -2.43. The molecule has 1 heterocycles. The molecule has 88 valence electrons. The van der Waals surface area contributed by atoms with Crippen LogP contribution < -0.4 is 10.2 Å². The van der Waals surface area contributed by atoms with E-state index in [1.165, 1.54) is 0 Å². The van der Waals surface area contributed by atoms with Gasteiger partial charge in [0, 0.05) is 26.8 Å². The van der Waals surface area contributed by atoms with Gasteiger partial charge in [-0.25, -0.2) is 4.98 Å². The summed E-state index contributed by atoms with van der Waals surface area (Å²) in [5.74, 6) is 1.43. The molecule has 1 fully saturated rings. The summed E-state index contributed by atoms with van der Waals surface area (Å²) in [6.07, 6.45) is 4.59. The van der Waals surface area contributed by atoms with Crippen molar-refractivity contribution in [2.45, 2.75) is 24.9 Å². The highest BCUT2D eigenvalue weighted by atomic mass is 16.3. The van der Waals surface area contributed by atoms with Gasteiger partial charge in [0.05, 0.1) is 5.60 Å². The second kappa shape index (κ2) is 4.25. The maximum Gasteiger partial charge on any atom is 0.226 e. The Morgan fingerprint density at radius 1 is 1.50 bits per heavy atom. The van der Waals surface area contributed by atoms with Crippen molar-refractivity contribution in [2.75, 3.05) is 30.9 Å². The lowest BCUT2D eigenvalue weighted by atomic mass is 9.80. The van der Waals surface area contributed by atoms with Crippen LogP contribution in [-0.4, -0.2) is 41.3 Å². The Balaban J connectivity index is 1.96. The Bertz CT molecular complexity index is 363. The SMILES string of the molecule is CN(C)c1nccc(NCC2(O)CCC2)n1. The molecule has 2 N–H and O–H groups in total. The molecule has 2 rings (SSSR count). The van der Waals surface area contributed by atoms with E-state index >= 15 is 0 Å². The van der Waals surface area contributed by atoms with Crippen molar-refractivity contribution in [2.24, 2.45) is 0 Å². The quantitative estimate of drug-likeness (QED) is 0.791. The fourth-order valence-corrected chi connectivity index (χ4v) is 1.68. The fraction of sp³-hybridized carbons (Fsp3) is 0.636. The van der Waals surface area contributed by atoms with Gasteiger partial charge < -0.3 is 15.3 Å². The van der Waals surface area contributed by atoms with Crippen LogP contribution in [0.4, 0.5) is 11.8 Å². The van der Waals surface area contributed by atoms with Gasteiger partial charge in [0.25, 0.3) is 0 Å². The molecule has 1 aliphatic carbocycles. The van der Waals surface area contributed by atoms with E-state index in [4.69, 9.17) is 0 Å². The normalized spacial score (nSPS) is 17.7. The van der Waals surface area contributed by atoms with Gasteiger partial charge in [-0.1, -0.05) is 0 Å². The summed E-state index contributed by atoms with van der Waals surface area (Å²) in [5, 5.41) is 13.1. The van der Waals surface area contributed by atoms with Crippen LogP contribution in [0, 0.1) is 0 Å². The number of aliphatic hydroxyl groups is 1. The largest absolute Gasteiger partial charge is 0.388 e. The molecular weight excluding hydrogens is 204 g/mol. The van der Waals surface area contributed by atoms with Crippen LogP contribution in [0.15, 0.2) is 12.3 Å². The van der Waals surface area contributed by atoms with Crippen molar-refractivity contribution < 1.29 is 5.11 Å². The Morgan fingerprint density at radius 2 is 2.25 bits per heavy atom. The Morgan fingerprint density at radius 3 is 2.81 bits per heavy atom. The summed E-state index contributed by atoms with van der Waals surface area (Å²) in [6.45, 7) is 0.566. The molecule has 0 amide bonds. The third-order valence-corrected chi connectivity index (χ3v) is 2.93. The zero-order valence-electron chi connectivity index (χ0n) is 9.77. The third kappa shape index (κ3) is 2.41. The maximum absolute atomic E-state index is 9.93. The molecule has 1 saturated carbocycles. The van der Waals surface area contributed by atoms with E-state index in [0.717, 1.165) is 25.1 Å². The minimum atomic E-state index is -0.525. The van der Waals surface area contributed by atoms with E-state index in [9.17, 15) is 5.11 Å². The van der Waals surface area contributed by atoms with E-state index < -0.39 is 5.60 Å². The first-order chi connectivity index (χ1) is 7.59. The van der Waals surface area contributed by atoms with Crippen LogP contribution in [-0.2, 0) is 0 Å². The zero-order valence-corrected chi connectivity index (χ0v) is 9.77. The number of anilines is 2. The van der Waals surface area contributed by atoms with Crippen molar-refractivity contribution in [3.05, 3.63) is 12.3 Å². The van der Waals surface area contributed by atoms with Crippen LogP contribution in [0.2, 0.25) is 0 Å². The van der Waals surface area contributed by atoms with Gasteiger partial charge in [-0.15, -0.1) is 0 Å². The number of rotatable bonds is 4. The summed E-state index contributed by atoms with van der Waals surface area (Å²) < 4.78 is 0. The van der Waals surface area contributed by atoms with Crippen molar-refractivity contribution in [3.63, 3.8) is 0 Å². The highest BCUT2D eigenvalue weighted by Gasteiger charge is 2.33. The van der Waals surface area contributed by atoms with Gasteiger partial charge in [0.2, 0.25) is 5.95 Å². The Labute approximate surface area is 95.5 Å². The lowest BCUT2D eigenvalue weighted by molar-refractivity contribution is -0.0202. The van der Waals surface area contributed by atoms with Gasteiger partial charge in [-0.2, -0.15) is 4.98 Å². The number of hydrogen-bond donors (Lipinski definition) is 2. The molecule has 5 nitrogen and oxygen atoms in total. The number of nitrogens with zero attached hydrogens (tertiary/aromatic N) is 3. The summed E-state index contributed by atoms with van der Waals surface area (Å²) in [7, 11) is 3.80. The molecule has 1 aromatic heterocycles. The topological polar surface area (TPSA) is 61.3 Å². The molecule has 0 aromatic carbocycles. The molecule has 5 heteroatoms. The summed E-state index contributed by atoms with van der Waals surface area (Å²) >= 11 is 0. The van der Waals surface area contributed by atoms with E-state index in [1.54, 1.807) is 6.20 Å². The minimum absolute atomic E-state index is 0.525. The molecule has 0 bridgehead atoms. The van der Waals surface area contributed by atoms with Crippen molar-refractivity contribution in [3.8, 4) is 0 Å². The zero-order chi connectivity index (χ0) is 11.6. The predicted molar refractivity (Wildman–Crippen MR) is 63.6 cm³/mol. The molecular formula is C11H18N4O. The van der Waals surface area contributed by atoms with Gasteiger partial charge >= 0.3 is 0 Å². The molecule has 1 aromatic rings. The standard InChI is InChI=1S/C11H18N4O/c1-15(2)10-12-7-4-9(14-10)13-8-11(16)5-3-6-11/h4,7,16H,3,5-6,8H2,1-2H3,(H,12,13,14). The van der Waals surface area contributed by atoms with Crippen LogP contribution in [0.5, 0.6) is 0 Å². The molecule has 0 aliphatic heterocycles. The Hall–Kier alpha value is -1.36. The summed E-state index contributed by atoms with van der Waals surface area (Å²) in [4.78, 5) is 10.3. The van der Waals surface area contributed by atoms with Crippen LogP contribution in [0.1, 0.15) is 19.3 Å². The molecule has 0 unspecified atom stereocenters. The average Bonchev–Trinajstić information content (AvgIpc) is 2.24. The average molecular weight is 222 g/mol. The molecule has 16 heavy (non-hydrogen) atoms. The van der Waals surface area contributed by atoms with E-state index in [2.05, 4.69) is 15.3 Å². The molecule has 0 saturated heterocycles. The smallest absolute Gasteiger partial charge is 0.226 e. The second-order valence-electron chi connectivity index (χ2n) is 4.57. The van der Waals surface area contributed by atoms with E-state index in [0.29, 0.717) is 12.5 Å². The fourth-order valence-electron chi connectivity index (χ4n) is 1.68. The summed E-state index contributed by atoms with van der Waals surface area (Å²) in [5.41, 5.74) is -0.525. The summed E-state index contributed by atoms with van der Waals surface area (Å²) in [6, 6.07) is 1.81.